The summed E-state index contributed by atoms with van der Waals surface area (Å²) in [4.78, 5) is 12.2. The number of nitriles is 1. The van der Waals surface area contributed by atoms with Gasteiger partial charge in [-0.3, -0.25) is 4.79 Å². The molecule has 1 heterocycles. The maximum atomic E-state index is 12.2. The van der Waals surface area contributed by atoms with Crippen molar-refractivity contribution < 1.29 is 4.79 Å². The molecule has 0 unspecified atom stereocenters. The molecule has 3 rings (SSSR count). The number of amides is 1. The van der Waals surface area contributed by atoms with Crippen LogP contribution in [0.1, 0.15) is 50.0 Å². The van der Waals surface area contributed by atoms with Crippen molar-refractivity contribution in [3.8, 4) is 6.07 Å². The van der Waals surface area contributed by atoms with Gasteiger partial charge in [-0.25, -0.2) is 0 Å². The van der Waals surface area contributed by atoms with E-state index < -0.39 is 0 Å². The average molecular weight is 355 g/mol. The summed E-state index contributed by atoms with van der Waals surface area (Å²) < 4.78 is 2.19. The molecule has 130 valence electrons. The fourth-order valence-corrected chi connectivity index (χ4v) is 3.39. The van der Waals surface area contributed by atoms with Crippen molar-refractivity contribution in [1.29, 1.82) is 5.26 Å². The second-order valence-corrected chi connectivity index (χ2v) is 7.41. The van der Waals surface area contributed by atoms with Crippen LogP contribution in [0.3, 0.4) is 0 Å². The molecule has 0 saturated heterocycles. The van der Waals surface area contributed by atoms with E-state index in [0.717, 1.165) is 35.1 Å². The Hall–Kier alpha value is -2.33. The van der Waals surface area contributed by atoms with Gasteiger partial charge in [0.15, 0.2) is 5.16 Å². The van der Waals surface area contributed by atoms with Gasteiger partial charge in [-0.2, -0.15) is 5.26 Å². The quantitative estimate of drug-likeness (QED) is 0.768. The number of carbonyl (C=O) groups is 1. The molecule has 0 aliphatic heterocycles. The van der Waals surface area contributed by atoms with Crippen molar-refractivity contribution in [3.05, 3.63) is 35.7 Å². The van der Waals surface area contributed by atoms with E-state index in [4.69, 9.17) is 5.26 Å². The lowest BCUT2D eigenvalue weighted by atomic mass is 10.1. The third-order valence-corrected chi connectivity index (χ3v) is 4.92. The lowest BCUT2D eigenvalue weighted by Crippen LogP contribution is -2.14. The molecule has 1 fully saturated rings. The van der Waals surface area contributed by atoms with Gasteiger partial charge in [0, 0.05) is 17.6 Å². The summed E-state index contributed by atoms with van der Waals surface area (Å²) in [5.74, 6) is 1.54. The Morgan fingerprint density at radius 2 is 2.08 bits per heavy atom. The average Bonchev–Trinajstić information content (AvgIpc) is 3.34. The minimum atomic E-state index is -0.0746. The van der Waals surface area contributed by atoms with E-state index in [1.165, 1.54) is 11.8 Å². The number of carbonyl (C=O) groups excluding carboxylic acids is 1. The first-order valence-electron chi connectivity index (χ1n) is 8.42. The highest BCUT2D eigenvalue weighted by Gasteiger charge is 2.30. The van der Waals surface area contributed by atoms with Crippen LogP contribution >= 0.6 is 11.8 Å². The predicted molar refractivity (Wildman–Crippen MR) is 97.5 cm³/mol. The summed E-state index contributed by atoms with van der Waals surface area (Å²) >= 11 is 1.43. The highest BCUT2D eigenvalue weighted by Crippen LogP contribution is 2.40. The summed E-state index contributed by atoms with van der Waals surface area (Å²) in [6.45, 7) is 4.22. The van der Waals surface area contributed by atoms with Crippen molar-refractivity contribution in [2.24, 2.45) is 0 Å². The van der Waals surface area contributed by atoms with Crippen molar-refractivity contribution >= 4 is 23.4 Å². The van der Waals surface area contributed by atoms with E-state index in [-0.39, 0.29) is 5.91 Å². The molecule has 1 aromatic heterocycles. The first kappa shape index (κ1) is 17.5. The molecule has 0 bridgehead atoms. The fourth-order valence-electron chi connectivity index (χ4n) is 2.58. The van der Waals surface area contributed by atoms with E-state index in [1.54, 1.807) is 0 Å². The summed E-state index contributed by atoms with van der Waals surface area (Å²) in [7, 11) is 0. The molecule has 1 N–H and O–H groups in total. The number of nitrogens with one attached hydrogen (secondary N) is 1. The van der Waals surface area contributed by atoms with E-state index >= 15 is 0 Å². The number of benzene rings is 1. The molecule has 0 spiro atoms. The number of hydrogen-bond acceptors (Lipinski definition) is 5. The summed E-state index contributed by atoms with van der Waals surface area (Å²) in [6, 6.07) is 9.94. The zero-order valence-electron chi connectivity index (χ0n) is 14.4. The summed E-state index contributed by atoms with van der Waals surface area (Å²) in [5, 5.41) is 21.0. The van der Waals surface area contributed by atoms with Crippen LogP contribution in [0.5, 0.6) is 0 Å². The molecule has 0 atom stereocenters. The van der Waals surface area contributed by atoms with Crippen LogP contribution in [-0.2, 0) is 11.2 Å². The maximum Gasteiger partial charge on any atom is 0.234 e. The Morgan fingerprint density at radius 1 is 1.36 bits per heavy atom. The summed E-state index contributed by atoms with van der Waals surface area (Å²) in [5.41, 5.74) is 1.67. The molecule has 2 aromatic rings. The zero-order chi connectivity index (χ0) is 17.8. The number of thioether (sulfide) groups is 1. The van der Waals surface area contributed by atoms with Gasteiger partial charge in [0.2, 0.25) is 5.91 Å². The van der Waals surface area contributed by atoms with Crippen LogP contribution in [0.25, 0.3) is 0 Å². The molecule has 1 aromatic carbocycles. The Labute approximate surface area is 151 Å². The van der Waals surface area contributed by atoms with Crippen molar-refractivity contribution in [3.63, 3.8) is 0 Å². The smallest absolute Gasteiger partial charge is 0.234 e. The third-order valence-electron chi connectivity index (χ3n) is 3.97. The maximum absolute atomic E-state index is 12.2. The van der Waals surface area contributed by atoms with E-state index in [0.29, 0.717) is 24.1 Å². The van der Waals surface area contributed by atoms with Gasteiger partial charge >= 0.3 is 0 Å². The normalized spacial score (nSPS) is 13.7. The molecule has 1 saturated carbocycles. The highest BCUT2D eigenvalue weighted by atomic mass is 32.2. The molecule has 1 aliphatic carbocycles. The first-order chi connectivity index (χ1) is 12.1. The van der Waals surface area contributed by atoms with Gasteiger partial charge in [-0.15, -0.1) is 10.2 Å². The number of nitrogens with zero attached hydrogens (tertiary/aromatic N) is 4. The van der Waals surface area contributed by atoms with Gasteiger partial charge in [0.05, 0.1) is 18.2 Å². The molecular weight excluding hydrogens is 334 g/mol. The lowest BCUT2D eigenvalue weighted by Gasteiger charge is -2.10. The Morgan fingerprint density at radius 3 is 2.68 bits per heavy atom. The minimum Gasteiger partial charge on any atom is -0.325 e. The molecule has 1 amide bonds. The van der Waals surface area contributed by atoms with Gasteiger partial charge in [0.1, 0.15) is 5.82 Å². The van der Waals surface area contributed by atoms with E-state index in [9.17, 15) is 4.79 Å². The minimum absolute atomic E-state index is 0.0746. The second kappa shape index (κ2) is 7.70. The third kappa shape index (κ3) is 4.40. The topological polar surface area (TPSA) is 83.6 Å². The molecular formula is C18H21N5OS. The highest BCUT2D eigenvalue weighted by molar-refractivity contribution is 7.99. The monoisotopic (exact) mass is 355 g/mol. The number of hydrogen-bond donors (Lipinski definition) is 1. The van der Waals surface area contributed by atoms with Crippen LogP contribution in [0.15, 0.2) is 29.4 Å². The van der Waals surface area contributed by atoms with Crippen LogP contribution in [0, 0.1) is 11.3 Å². The lowest BCUT2D eigenvalue weighted by molar-refractivity contribution is -0.113. The van der Waals surface area contributed by atoms with Crippen LogP contribution in [0.4, 0.5) is 5.69 Å². The van der Waals surface area contributed by atoms with Crippen molar-refractivity contribution in [2.75, 3.05) is 11.1 Å². The zero-order valence-corrected chi connectivity index (χ0v) is 15.2. The van der Waals surface area contributed by atoms with Gasteiger partial charge in [-0.1, -0.05) is 37.7 Å². The Bertz CT molecular complexity index is 787. The van der Waals surface area contributed by atoms with Crippen LogP contribution in [-0.4, -0.2) is 26.4 Å². The molecule has 7 heteroatoms. The van der Waals surface area contributed by atoms with E-state index in [1.807, 2.05) is 24.3 Å². The van der Waals surface area contributed by atoms with Gasteiger partial charge in [-0.05, 0) is 30.5 Å². The van der Waals surface area contributed by atoms with Crippen LogP contribution < -0.4 is 5.32 Å². The fraction of sp³-hybridized carbons (Fsp3) is 0.444. The molecule has 6 nitrogen and oxygen atoms in total. The largest absolute Gasteiger partial charge is 0.325 e. The molecule has 0 radical (unpaired) electrons. The molecule has 25 heavy (non-hydrogen) atoms. The SMILES string of the molecule is CC(C)c1nnc(SCC(=O)Nc2ccc(CC#N)cc2)n1C1CC1. The van der Waals surface area contributed by atoms with Crippen LogP contribution in [0.2, 0.25) is 0 Å². The molecule has 1 aliphatic rings. The summed E-state index contributed by atoms with van der Waals surface area (Å²) in [6.07, 6.45) is 2.69. The Kier molecular flexibility index (Phi) is 5.39. The number of aromatic nitrogens is 3. The number of anilines is 1. The van der Waals surface area contributed by atoms with E-state index in [2.05, 4.69) is 40.0 Å². The van der Waals surface area contributed by atoms with Gasteiger partial charge in [0.25, 0.3) is 0 Å². The predicted octanol–water partition coefficient (Wildman–Crippen LogP) is 3.53. The first-order valence-corrected chi connectivity index (χ1v) is 9.40. The van der Waals surface area contributed by atoms with Crippen molar-refractivity contribution in [2.45, 2.75) is 50.2 Å². The number of rotatable bonds is 7. The van der Waals surface area contributed by atoms with Crippen molar-refractivity contribution in [1.82, 2.24) is 14.8 Å². The van der Waals surface area contributed by atoms with Gasteiger partial charge < -0.3 is 9.88 Å². The Balaban J connectivity index is 1.58. The second-order valence-electron chi connectivity index (χ2n) is 6.47. The standard InChI is InChI=1S/C18H21N5OS/c1-12(2)17-21-22-18(23(17)15-7-8-15)25-11-16(24)20-14-5-3-13(4-6-14)9-10-19/h3-6,12,15H,7-9,11H2,1-2H3,(H,20,24).